The van der Waals surface area contributed by atoms with Crippen molar-refractivity contribution in [3.63, 3.8) is 0 Å². The van der Waals surface area contributed by atoms with Crippen molar-refractivity contribution in [2.75, 3.05) is 38.2 Å². The van der Waals surface area contributed by atoms with Crippen molar-refractivity contribution in [1.82, 2.24) is 9.62 Å². The summed E-state index contributed by atoms with van der Waals surface area (Å²) < 4.78 is 33.4. The summed E-state index contributed by atoms with van der Waals surface area (Å²) in [6, 6.07) is 12.8. The van der Waals surface area contributed by atoms with Crippen molar-refractivity contribution in [3.8, 4) is 5.75 Å². The molecule has 1 saturated heterocycles. The number of nitrogens with one attached hydrogen (secondary N) is 1. The third-order valence-corrected chi connectivity index (χ3v) is 8.60. The number of benzene rings is 2. The Kier molecular flexibility index (Phi) is 7.24. The molecule has 4 rings (SSSR count). The lowest BCUT2D eigenvalue weighted by Crippen LogP contribution is -2.48. The summed E-state index contributed by atoms with van der Waals surface area (Å²) in [5, 5.41) is 3.10. The summed E-state index contributed by atoms with van der Waals surface area (Å²) >= 11 is 0. The summed E-state index contributed by atoms with van der Waals surface area (Å²) in [6.07, 6.45) is 5.44. The number of hydrogen-bond donors (Lipinski definition) is 1. The molecule has 2 aromatic carbocycles. The van der Waals surface area contributed by atoms with E-state index >= 15 is 0 Å². The van der Waals surface area contributed by atoms with E-state index in [1.807, 2.05) is 31.2 Å². The average molecular weight is 472 g/mol. The van der Waals surface area contributed by atoms with E-state index in [1.165, 1.54) is 10.7 Å². The molecule has 1 aliphatic carbocycles. The third kappa shape index (κ3) is 5.33. The van der Waals surface area contributed by atoms with E-state index in [9.17, 15) is 13.2 Å². The quantitative estimate of drug-likeness (QED) is 0.697. The fourth-order valence-corrected chi connectivity index (χ4v) is 6.09. The summed E-state index contributed by atoms with van der Waals surface area (Å²) in [7, 11) is -2.04. The molecule has 2 aliphatic rings. The number of methoxy groups -OCH3 is 1. The van der Waals surface area contributed by atoms with Crippen molar-refractivity contribution in [2.24, 2.45) is 0 Å². The van der Waals surface area contributed by atoms with Crippen LogP contribution in [-0.2, 0) is 10.0 Å². The van der Waals surface area contributed by atoms with Crippen LogP contribution in [0.15, 0.2) is 47.4 Å². The van der Waals surface area contributed by atoms with Crippen LogP contribution < -0.4 is 15.0 Å². The van der Waals surface area contributed by atoms with Crippen LogP contribution in [0, 0.1) is 6.92 Å². The maximum atomic E-state index is 13.3. The van der Waals surface area contributed by atoms with E-state index in [4.69, 9.17) is 4.74 Å². The van der Waals surface area contributed by atoms with Gasteiger partial charge in [0.2, 0.25) is 10.0 Å². The van der Waals surface area contributed by atoms with Gasteiger partial charge in [0.05, 0.1) is 12.0 Å². The molecule has 1 saturated carbocycles. The highest BCUT2D eigenvalue weighted by Gasteiger charge is 2.30. The summed E-state index contributed by atoms with van der Waals surface area (Å²) in [6.45, 7) is 3.84. The molecule has 178 valence electrons. The maximum Gasteiger partial charge on any atom is 0.251 e. The van der Waals surface area contributed by atoms with Crippen molar-refractivity contribution in [3.05, 3.63) is 53.6 Å². The number of carbonyl (C=O) groups is 1. The number of carbonyl (C=O) groups excluding carboxylic acids is 1. The van der Waals surface area contributed by atoms with Crippen LogP contribution in [0.25, 0.3) is 0 Å². The van der Waals surface area contributed by atoms with E-state index in [0.29, 0.717) is 31.7 Å². The van der Waals surface area contributed by atoms with E-state index in [1.54, 1.807) is 25.3 Å². The zero-order valence-corrected chi connectivity index (χ0v) is 20.2. The van der Waals surface area contributed by atoms with Gasteiger partial charge in [0.1, 0.15) is 5.75 Å². The molecule has 0 unspecified atom stereocenters. The van der Waals surface area contributed by atoms with Crippen molar-refractivity contribution in [1.29, 1.82) is 0 Å². The van der Waals surface area contributed by atoms with E-state index in [2.05, 4.69) is 10.2 Å². The van der Waals surface area contributed by atoms with Gasteiger partial charge in [-0.3, -0.25) is 4.79 Å². The van der Waals surface area contributed by atoms with E-state index in [-0.39, 0.29) is 16.8 Å². The minimum absolute atomic E-state index is 0.178. The lowest BCUT2D eigenvalue weighted by atomic mass is 9.95. The first-order chi connectivity index (χ1) is 15.9. The molecular weight excluding hydrogens is 438 g/mol. The van der Waals surface area contributed by atoms with Crippen LogP contribution in [0.1, 0.15) is 48.0 Å². The number of hydrogen-bond acceptors (Lipinski definition) is 5. The lowest BCUT2D eigenvalue weighted by Gasteiger charge is -2.35. The topological polar surface area (TPSA) is 79.0 Å². The maximum absolute atomic E-state index is 13.3. The number of anilines is 1. The molecule has 0 spiro atoms. The van der Waals surface area contributed by atoms with Gasteiger partial charge in [0.25, 0.3) is 5.91 Å². The van der Waals surface area contributed by atoms with Crippen LogP contribution in [0.2, 0.25) is 0 Å². The predicted octanol–water partition coefficient (Wildman–Crippen LogP) is 3.58. The molecule has 0 radical (unpaired) electrons. The fraction of sp³-hybridized carbons (Fsp3) is 0.480. The normalized spacial score (nSPS) is 18.2. The smallest absolute Gasteiger partial charge is 0.251 e. The minimum Gasteiger partial charge on any atom is -0.497 e. The van der Waals surface area contributed by atoms with E-state index in [0.717, 1.165) is 42.7 Å². The van der Waals surface area contributed by atoms with Gasteiger partial charge in [-0.2, -0.15) is 4.31 Å². The highest BCUT2D eigenvalue weighted by molar-refractivity contribution is 7.89. The molecule has 8 heteroatoms. The van der Waals surface area contributed by atoms with Crippen LogP contribution >= 0.6 is 0 Å². The molecule has 2 aromatic rings. The van der Waals surface area contributed by atoms with Crippen LogP contribution in [0.3, 0.4) is 0 Å². The Bertz CT molecular complexity index is 1070. The molecule has 1 amide bonds. The minimum atomic E-state index is -3.68. The summed E-state index contributed by atoms with van der Waals surface area (Å²) in [5.41, 5.74) is 2.27. The highest BCUT2D eigenvalue weighted by atomic mass is 32.2. The predicted molar refractivity (Wildman–Crippen MR) is 129 cm³/mol. The Hall–Kier alpha value is -2.58. The SMILES string of the molecule is COc1ccc(N2CCN(S(=O)(=O)c3ccc(C)c(C(=O)NC4CCCCC4)c3)CC2)cc1. The summed E-state index contributed by atoms with van der Waals surface area (Å²) in [4.78, 5) is 15.3. The number of amides is 1. The second-order valence-corrected chi connectivity index (χ2v) is 10.8. The zero-order chi connectivity index (χ0) is 23.4. The van der Waals surface area contributed by atoms with Crippen LogP contribution in [0.5, 0.6) is 5.75 Å². The first-order valence-electron chi connectivity index (χ1n) is 11.7. The molecule has 1 heterocycles. The van der Waals surface area contributed by atoms with Gasteiger partial charge in [-0.15, -0.1) is 0 Å². The molecule has 1 N–H and O–H groups in total. The first-order valence-corrected chi connectivity index (χ1v) is 13.1. The molecule has 0 atom stereocenters. The number of aryl methyl sites for hydroxylation is 1. The third-order valence-electron chi connectivity index (χ3n) is 6.71. The van der Waals surface area contributed by atoms with Crippen LogP contribution in [-0.4, -0.2) is 58.0 Å². The number of piperazine rings is 1. The Morgan fingerprint density at radius 3 is 2.27 bits per heavy atom. The molecule has 0 aromatic heterocycles. The molecular formula is C25H33N3O4S. The molecule has 7 nitrogen and oxygen atoms in total. The second kappa shape index (κ2) is 10.1. The number of nitrogens with zero attached hydrogens (tertiary/aromatic N) is 2. The van der Waals surface area contributed by atoms with Crippen LogP contribution in [0.4, 0.5) is 5.69 Å². The van der Waals surface area contributed by atoms with Gasteiger partial charge < -0.3 is 15.0 Å². The Morgan fingerprint density at radius 1 is 0.970 bits per heavy atom. The molecule has 0 bridgehead atoms. The van der Waals surface area contributed by atoms with Gasteiger partial charge in [-0.25, -0.2) is 8.42 Å². The monoisotopic (exact) mass is 471 g/mol. The number of ether oxygens (including phenoxy) is 1. The largest absolute Gasteiger partial charge is 0.497 e. The van der Waals surface area contributed by atoms with Gasteiger partial charge in [0, 0.05) is 43.5 Å². The lowest BCUT2D eigenvalue weighted by molar-refractivity contribution is 0.0927. The van der Waals surface area contributed by atoms with E-state index < -0.39 is 10.0 Å². The highest BCUT2D eigenvalue weighted by Crippen LogP contribution is 2.25. The number of sulfonamides is 1. The Balaban J connectivity index is 1.44. The van der Waals surface area contributed by atoms with Crippen molar-refractivity contribution in [2.45, 2.75) is 50.0 Å². The Morgan fingerprint density at radius 2 is 1.64 bits per heavy atom. The average Bonchev–Trinajstić information content (AvgIpc) is 2.85. The standard InChI is InChI=1S/C25H33N3O4S/c1-19-8-13-23(18-24(19)25(29)26-20-6-4-3-5-7-20)33(30,31)28-16-14-27(15-17-28)21-9-11-22(32-2)12-10-21/h8-13,18,20H,3-7,14-17H2,1-2H3,(H,26,29). The summed E-state index contributed by atoms with van der Waals surface area (Å²) in [5.74, 6) is 0.614. The van der Waals surface area contributed by atoms with Crippen molar-refractivity contribution >= 4 is 21.6 Å². The number of rotatable bonds is 6. The zero-order valence-electron chi connectivity index (χ0n) is 19.4. The molecule has 2 fully saturated rings. The Labute approximate surface area is 196 Å². The fourth-order valence-electron chi connectivity index (χ4n) is 4.65. The first kappa shape index (κ1) is 23.6. The van der Waals surface area contributed by atoms with Gasteiger partial charge in [0.15, 0.2) is 0 Å². The molecule has 33 heavy (non-hydrogen) atoms. The van der Waals surface area contributed by atoms with Crippen molar-refractivity contribution < 1.29 is 17.9 Å². The second-order valence-electron chi connectivity index (χ2n) is 8.87. The molecule has 1 aliphatic heterocycles. The van der Waals surface area contributed by atoms with Gasteiger partial charge >= 0.3 is 0 Å². The van der Waals surface area contributed by atoms with Gasteiger partial charge in [-0.05, 0) is 61.7 Å². The van der Waals surface area contributed by atoms with Gasteiger partial charge in [-0.1, -0.05) is 25.3 Å².